The summed E-state index contributed by atoms with van der Waals surface area (Å²) in [6, 6.07) is 14.1. The van der Waals surface area contributed by atoms with Crippen LogP contribution >= 0.6 is 15.9 Å². The van der Waals surface area contributed by atoms with Gasteiger partial charge in [0.2, 0.25) is 0 Å². The Morgan fingerprint density at radius 1 is 0.950 bits per heavy atom. The molecule has 0 saturated carbocycles. The molecule has 0 amide bonds. The smallest absolute Gasteiger partial charge is 0.133 e. The summed E-state index contributed by atoms with van der Waals surface area (Å²) in [7, 11) is 3.36. The molecule has 1 N–H and O–H groups in total. The van der Waals surface area contributed by atoms with Crippen LogP contribution in [0.3, 0.4) is 0 Å². The van der Waals surface area contributed by atoms with E-state index < -0.39 is 0 Å². The molecule has 0 atom stereocenters. The molecule has 0 heterocycles. The Kier molecular flexibility index (Phi) is 5.44. The molecule has 0 aliphatic rings. The molecule has 2 aromatic carbocycles. The van der Waals surface area contributed by atoms with Gasteiger partial charge in [-0.25, -0.2) is 0 Å². The molecule has 20 heavy (non-hydrogen) atoms. The molecule has 3 nitrogen and oxygen atoms in total. The molecule has 0 aliphatic heterocycles. The van der Waals surface area contributed by atoms with Gasteiger partial charge < -0.3 is 14.8 Å². The summed E-state index contributed by atoms with van der Waals surface area (Å²) in [4.78, 5) is 0. The lowest BCUT2D eigenvalue weighted by Crippen LogP contribution is -2.13. The van der Waals surface area contributed by atoms with Crippen molar-refractivity contribution < 1.29 is 9.47 Å². The van der Waals surface area contributed by atoms with Crippen molar-refractivity contribution in [1.82, 2.24) is 5.32 Å². The van der Waals surface area contributed by atoms with E-state index in [1.807, 2.05) is 24.3 Å². The lowest BCUT2D eigenvalue weighted by molar-refractivity contribution is 0.407. The summed E-state index contributed by atoms with van der Waals surface area (Å²) in [5, 5.41) is 3.42. The Balaban J connectivity index is 1.94. The lowest BCUT2D eigenvalue weighted by Gasteiger charge is -2.10. The van der Waals surface area contributed by atoms with Crippen LogP contribution in [0.15, 0.2) is 46.9 Å². The average Bonchev–Trinajstić information content (AvgIpc) is 2.48. The van der Waals surface area contributed by atoms with Gasteiger partial charge in [0.1, 0.15) is 11.5 Å². The van der Waals surface area contributed by atoms with Gasteiger partial charge in [-0.3, -0.25) is 0 Å². The van der Waals surface area contributed by atoms with Gasteiger partial charge in [-0.15, -0.1) is 0 Å². The lowest BCUT2D eigenvalue weighted by atomic mass is 10.2. The summed E-state index contributed by atoms with van der Waals surface area (Å²) >= 11 is 3.49. The molecule has 2 aromatic rings. The summed E-state index contributed by atoms with van der Waals surface area (Å²) in [6.07, 6.45) is 0. The second kappa shape index (κ2) is 7.31. The number of para-hydroxylation sites is 1. The van der Waals surface area contributed by atoms with Crippen LogP contribution in [-0.2, 0) is 13.1 Å². The SMILES string of the molecule is COc1ccc(CNCc2ccccc2OC)cc1Br. The summed E-state index contributed by atoms with van der Waals surface area (Å²) in [5.74, 6) is 1.76. The van der Waals surface area contributed by atoms with Crippen molar-refractivity contribution >= 4 is 15.9 Å². The Morgan fingerprint density at radius 3 is 2.40 bits per heavy atom. The number of hydrogen-bond donors (Lipinski definition) is 1. The van der Waals surface area contributed by atoms with E-state index in [0.29, 0.717) is 0 Å². The number of ether oxygens (including phenoxy) is 2. The van der Waals surface area contributed by atoms with Crippen LogP contribution in [0.1, 0.15) is 11.1 Å². The van der Waals surface area contributed by atoms with E-state index in [2.05, 4.69) is 39.4 Å². The molecule has 0 bridgehead atoms. The number of halogens is 1. The second-order valence-corrected chi connectivity index (χ2v) is 5.24. The van der Waals surface area contributed by atoms with Gasteiger partial charge in [0.05, 0.1) is 18.7 Å². The summed E-state index contributed by atoms with van der Waals surface area (Å²) < 4.78 is 11.5. The Hall–Kier alpha value is -1.52. The van der Waals surface area contributed by atoms with Crippen LogP contribution in [-0.4, -0.2) is 14.2 Å². The zero-order chi connectivity index (χ0) is 14.4. The number of nitrogens with one attached hydrogen (secondary N) is 1. The zero-order valence-electron chi connectivity index (χ0n) is 11.7. The largest absolute Gasteiger partial charge is 0.496 e. The number of methoxy groups -OCH3 is 2. The van der Waals surface area contributed by atoms with Gasteiger partial charge in [-0.05, 0) is 39.7 Å². The number of benzene rings is 2. The first-order chi connectivity index (χ1) is 9.74. The molecule has 0 aromatic heterocycles. The third-order valence-corrected chi connectivity index (χ3v) is 3.67. The van der Waals surface area contributed by atoms with E-state index in [1.165, 1.54) is 5.56 Å². The van der Waals surface area contributed by atoms with Crippen molar-refractivity contribution in [2.75, 3.05) is 14.2 Å². The van der Waals surface area contributed by atoms with Gasteiger partial charge >= 0.3 is 0 Å². The topological polar surface area (TPSA) is 30.5 Å². The highest BCUT2D eigenvalue weighted by Gasteiger charge is 2.03. The van der Waals surface area contributed by atoms with E-state index in [4.69, 9.17) is 9.47 Å². The number of rotatable bonds is 6. The average molecular weight is 336 g/mol. The quantitative estimate of drug-likeness (QED) is 0.871. The van der Waals surface area contributed by atoms with Crippen molar-refractivity contribution in [3.8, 4) is 11.5 Å². The van der Waals surface area contributed by atoms with E-state index in [9.17, 15) is 0 Å². The van der Waals surface area contributed by atoms with Crippen molar-refractivity contribution in [3.05, 3.63) is 58.1 Å². The maximum Gasteiger partial charge on any atom is 0.133 e. The van der Waals surface area contributed by atoms with Crippen LogP contribution in [0, 0.1) is 0 Å². The van der Waals surface area contributed by atoms with Gasteiger partial charge in [0, 0.05) is 18.7 Å². The molecule has 0 spiro atoms. The highest BCUT2D eigenvalue weighted by molar-refractivity contribution is 9.10. The fourth-order valence-electron chi connectivity index (χ4n) is 2.01. The minimum Gasteiger partial charge on any atom is -0.496 e. The van der Waals surface area contributed by atoms with Gasteiger partial charge in [-0.2, -0.15) is 0 Å². The predicted octanol–water partition coefficient (Wildman–Crippen LogP) is 3.76. The highest BCUT2D eigenvalue weighted by atomic mass is 79.9. The molecule has 2 rings (SSSR count). The Morgan fingerprint density at radius 2 is 1.70 bits per heavy atom. The molecular weight excluding hydrogens is 318 g/mol. The van der Waals surface area contributed by atoms with Gasteiger partial charge in [0.15, 0.2) is 0 Å². The third-order valence-electron chi connectivity index (χ3n) is 3.05. The second-order valence-electron chi connectivity index (χ2n) is 4.38. The highest BCUT2D eigenvalue weighted by Crippen LogP contribution is 2.25. The normalized spacial score (nSPS) is 10.3. The van der Waals surface area contributed by atoms with Crippen LogP contribution in [0.5, 0.6) is 11.5 Å². The monoisotopic (exact) mass is 335 g/mol. The van der Waals surface area contributed by atoms with E-state index in [-0.39, 0.29) is 0 Å². The first kappa shape index (κ1) is 14.9. The molecule has 0 unspecified atom stereocenters. The first-order valence-corrected chi connectivity index (χ1v) is 7.19. The maximum atomic E-state index is 5.33. The molecule has 0 radical (unpaired) electrons. The van der Waals surface area contributed by atoms with E-state index in [0.717, 1.165) is 34.6 Å². The van der Waals surface area contributed by atoms with Gasteiger partial charge in [-0.1, -0.05) is 24.3 Å². The Labute approximate surface area is 128 Å². The molecule has 0 aliphatic carbocycles. The summed E-state index contributed by atoms with van der Waals surface area (Å²) in [5.41, 5.74) is 2.36. The molecular formula is C16H18BrNO2. The minimum absolute atomic E-state index is 0.771. The van der Waals surface area contributed by atoms with E-state index >= 15 is 0 Å². The first-order valence-electron chi connectivity index (χ1n) is 6.39. The molecule has 0 fully saturated rings. The Bertz CT molecular complexity index is 572. The third kappa shape index (κ3) is 3.74. The zero-order valence-corrected chi connectivity index (χ0v) is 13.2. The van der Waals surface area contributed by atoms with Crippen LogP contribution in [0.4, 0.5) is 0 Å². The molecule has 4 heteroatoms. The van der Waals surface area contributed by atoms with Gasteiger partial charge in [0.25, 0.3) is 0 Å². The molecule has 0 saturated heterocycles. The fourth-order valence-corrected chi connectivity index (χ4v) is 2.60. The van der Waals surface area contributed by atoms with Crippen LogP contribution in [0.2, 0.25) is 0 Å². The number of hydrogen-bond acceptors (Lipinski definition) is 3. The van der Waals surface area contributed by atoms with Crippen molar-refractivity contribution in [2.45, 2.75) is 13.1 Å². The van der Waals surface area contributed by atoms with Crippen LogP contribution in [0.25, 0.3) is 0 Å². The molecule has 106 valence electrons. The standard InChI is InChI=1S/C16H18BrNO2/c1-19-15-6-4-3-5-13(15)11-18-10-12-7-8-16(20-2)14(17)9-12/h3-9,18H,10-11H2,1-2H3. The maximum absolute atomic E-state index is 5.33. The van der Waals surface area contributed by atoms with Crippen molar-refractivity contribution in [2.24, 2.45) is 0 Å². The van der Waals surface area contributed by atoms with Crippen molar-refractivity contribution in [1.29, 1.82) is 0 Å². The van der Waals surface area contributed by atoms with Crippen molar-refractivity contribution in [3.63, 3.8) is 0 Å². The van der Waals surface area contributed by atoms with E-state index in [1.54, 1.807) is 14.2 Å². The fraction of sp³-hybridized carbons (Fsp3) is 0.250. The minimum atomic E-state index is 0.771. The summed E-state index contributed by atoms with van der Waals surface area (Å²) in [6.45, 7) is 1.56. The van der Waals surface area contributed by atoms with Crippen LogP contribution < -0.4 is 14.8 Å². The predicted molar refractivity (Wildman–Crippen MR) is 84.2 cm³/mol.